The molecular weight excluding hydrogens is 321 g/mol. The number of hydrogen-bond donors (Lipinski definition) is 3. The molecule has 0 aliphatic carbocycles. The number of piperazine rings is 1. The first-order valence-electron chi connectivity index (χ1n) is 8.52. The normalized spacial score (nSPS) is 16.0. The number of nitrogens with two attached hydrogens (primary N) is 1. The number of amides is 1. The van der Waals surface area contributed by atoms with Crippen LogP contribution in [0.1, 0.15) is 31.9 Å². The predicted octanol–water partition coefficient (Wildman–Crippen LogP) is 0.310. The molecule has 0 atom stereocenters. The summed E-state index contributed by atoms with van der Waals surface area (Å²) in [6.07, 6.45) is -0.280. The van der Waals surface area contributed by atoms with Gasteiger partial charge in [-0.05, 0) is 50.4 Å². The third kappa shape index (κ3) is 5.35. The van der Waals surface area contributed by atoms with Crippen LogP contribution >= 0.6 is 0 Å². The van der Waals surface area contributed by atoms with Gasteiger partial charge in [-0.15, -0.1) is 0 Å². The second-order valence-electron chi connectivity index (χ2n) is 7.51. The molecule has 4 N–H and O–H groups in total. The Balaban J connectivity index is 1.97. The van der Waals surface area contributed by atoms with Crippen molar-refractivity contribution in [2.75, 3.05) is 31.9 Å². The molecule has 1 aliphatic rings. The zero-order chi connectivity index (χ0) is 18.8. The van der Waals surface area contributed by atoms with E-state index in [2.05, 4.69) is 4.90 Å². The lowest BCUT2D eigenvalue weighted by Crippen LogP contribution is -2.49. The van der Waals surface area contributed by atoms with Crippen molar-refractivity contribution in [3.8, 4) is 0 Å². The SMILES string of the molecule is Cc1c(N)cc(B(O)O)cc1CN1CCN(C(=O)OC(C)(C)C)CC1. The van der Waals surface area contributed by atoms with E-state index in [1.165, 1.54) is 0 Å². The van der Waals surface area contributed by atoms with Gasteiger partial charge in [0.05, 0.1) is 0 Å². The molecule has 1 aliphatic heterocycles. The number of nitrogens with zero attached hydrogens (tertiary/aromatic N) is 2. The van der Waals surface area contributed by atoms with Gasteiger partial charge in [-0.1, -0.05) is 6.07 Å². The van der Waals surface area contributed by atoms with Crippen molar-refractivity contribution < 1.29 is 19.6 Å². The molecule has 0 saturated carbocycles. The molecular formula is C17H28BN3O4. The Labute approximate surface area is 149 Å². The van der Waals surface area contributed by atoms with Crippen molar-refractivity contribution in [2.45, 2.75) is 39.8 Å². The Kier molecular flexibility index (Phi) is 5.97. The summed E-state index contributed by atoms with van der Waals surface area (Å²) in [4.78, 5) is 16.0. The molecule has 0 radical (unpaired) electrons. The second kappa shape index (κ2) is 7.64. The highest BCUT2D eigenvalue weighted by atomic mass is 16.6. The minimum atomic E-state index is -1.54. The van der Waals surface area contributed by atoms with Crippen molar-refractivity contribution in [1.82, 2.24) is 9.80 Å². The fourth-order valence-corrected chi connectivity index (χ4v) is 2.79. The predicted molar refractivity (Wildman–Crippen MR) is 98.5 cm³/mol. The third-order valence-corrected chi connectivity index (χ3v) is 4.29. The molecule has 0 spiro atoms. The maximum absolute atomic E-state index is 12.1. The maximum atomic E-state index is 12.1. The number of anilines is 1. The molecule has 1 aromatic carbocycles. The molecule has 1 fully saturated rings. The lowest BCUT2D eigenvalue weighted by atomic mass is 9.78. The van der Waals surface area contributed by atoms with Crippen LogP contribution in [0.5, 0.6) is 0 Å². The Hall–Kier alpha value is -1.77. The van der Waals surface area contributed by atoms with Crippen molar-refractivity contribution in [3.63, 3.8) is 0 Å². The topological polar surface area (TPSA) is 99.3 Å². The Morgan fingerprint density at radius 1 is 1.24 bits per heavy atom. The van der Waals surface area contributed by atoms with Crippen LogP contribution in [-0.2, 0) is 11.3 Å². The molecule has 8 heteroatoms. The van der Waals surface area contributed by atoms with E-state index < -0.39 is 12.7 Å². The molecule has 25 heavy (non-hydrogen) atoms. The molecule has 138 valence electrons. The summed E-state index contributed by atoms with van der Waals surface area (Å²) in [6, 6.07) is 3.36. The number of nitrogen functional groups attached to an aromatic ring is 1. The lowest BCUT2D eigenvalue weighted by Gasteiger charge is -2.35. The first-order chi connectivity index (χ1) is 11.6. The van der Waals surface area contributed by atoms with Crippen LogP contribution in [-0.4, -0.2) is 64.8 Å². The highest BCUT2D eigenvalue weighted by molar-refractivity contribution is 6.58. The van der Waals surface area contributed by atoms with Gasteiger partial charge in [0.25, 0.3) is 0 Å². The first-order valence-corrected chi connectivity index (χ1v) is 8.52. The van der Waals surface area contributed by atoms with E-state index in [1.807, 2.05) is 27.7 Å². The zero-order valence-electron chi connectivity index (χ0n) is 15.5. The first kappa shape index (κ1) is 19.6. The average Bonchev–Trinajstić information content (AvgIpc) is 2.50. The van der Waals surface area contributed by atoms with Crippen LogP contribution in [0.3, 0.4) is 0 Å². The van der Waals surface area contributed by atoms with Crippen LogP contribution in [0.15, 0.2) is 12.1 Å². The van der Waals surface area contributed by atoms with Gasteiger partial charge in [-0.25, -0.2) is 4.79 Å². The van der Waals surface area contributed by atoms with Gasteiger partial charge in [-0.2, -0.15) is 0 Å². The average molecular weight is 349 g/mol. The molecule has 1 aromatic rings. The van der Waals surface area contributed by atoms with Crippen molar-refractivity contribution in [3.05, 3.63) is 23.3 Å². The van der Waals surface area contributed by atoms with Crippen LogP contribution in [0.2, 0.25) is 0 Å². The standard InChI is InChI=1S/C17H28BN3O4/c1-12-13(9-14(18(23)24)10-15(12)19)11-20-5-7-21(8-6-20)16(22)25-17(2,3)4/h9-10,23-24H,5-8,11,19H2,1-4H3. The van der Waals surface area contributed by atoms with E-state index in [0.29, 0.717) is 30.8 Å². The summed E-state index contributed by atoms with van der Waals surface area (Å²) in [5.74, 6) is 0. The summed E-state index contributed by atoms with van der Waals surface area (Å²) in [5, 5.41) is 18.8. The van der Waals surface area contributed by atoms with E-state index in [9.17, 15) is 14.8 Å². The minimum absolute atomic E-state index is 0.280. The van der Waals surface area contributed by atoms with Crippen LogP contribution in [0.25, 0.3) is 0 Å². The summed E-state index contributed by atoms with van der Waals surface area (Å²) < 4.78 is 5.40. The van der Waals surface area contributed by atoms with Crippen LogP contribution in [0.4, 0.5) is 10.5 Å². The van der Waals surface area contributed by atoms with Crippen molar-refractivity contribution in [1.29, 1.82) is 0 Å². The number of ether oxygens (including phenoxy) is 1. The quantitative estimate of drug-likeness (QED) is 0.537. The number of carbonyl (C=O) groups is 1. The maximum Gasteiger partial charge on any atom is 0.488 e. The Morgan fingerprint density at radius 3 is 2.36 bits per heavy atom. The molecule has 1 heterocycles. The fourth-order valence-electron chi connectivity index (χ4n) is 2.79. The number of rotatable bonds is 3. The molecule has 0 aromatic heterocycles. The molecule has 0 bridgehead atoms. The van der Waals surface area contributed by atoms with Gasteiger partial charge >= 0.3 is 13.2 Å². The summed E-state index contributed by atoms with van der Waals surface area (Å²) in [5.41, 5.74) is 8.34. The molecule has 2 rings (SSSR count). The van der Waals surface area contributed by atoms with Crippen molar-refractivity contribution >= 4 is 24.4 Å². The van der Waals surface area contributed by atoms with Gasteiger partial charge in [0.2, 0.25) is 0 Å². The van der Waals surface area contributed by atoms with Crippen LogP contribution in [0, 0.1) is 6.92 Å². The summed E-state index contributed by atoms with van der Waals surface area (Å²) in [6.45, 7) is 10.8. The Bertz CT molecular complexity index is 623. The second-order valence-corrected chi connectivity index (χ2v) is 7.51. The molecule has 0 unspecified atom stereocenters. The lowest BCUT2D eigenvalue weighted by molar-refractivity contribution is 0.0139. The van der Waals surface area contributed by atoms with E-state index in [4.69, 9.17) is 10.5 Å². The Morgan fingerprint density at radius 2 is 1.84 bits per heavy atom. The highest BCUT2D eigenvalue weighted by Crippen LogP contribution is 2.18. The summed E-state index contributed by atoms with van der Waals surface area (Å²) in [7, 11) is -1.54. The smallest absolute Gasteiger partial charge is 0.444 e. The fraction of sp³-hybridized carbons (Fsp3) is 0.588. The van der Waals surface area contributed by atoms with Crippen molar-refractivity contribution in [2.24, 2.45) is 0 Å². The van der Waals surface area contributed by atoms with Gasteiger partial charge < -0.3 is 25.4 Å². The zero-order valence-corrected chi connectivity index (χ0v) is 15.5. The molecule has 1 amide bonds. The van der Waals surface area contributed by atoms with Gasteiger partial charge in [0, 0.05) is 38.4 Å². The van der Waals surface area contributed by atoms with Crippen LogP contribution < -0.4 is 11.2 Å². The van der Waals surface area contributed by atoms with Gasteiger partial charge in [0.1, 0.15) is 5.60 Å². The van der Waals surface area contributed by atoms with E-state index in [1.54, 1.807) is 17.0 Å². The molecule has 1 saturated heterocycles. The monoisotopic (exact) mass is 349 g/mol. The third-order valence-electron chi connectivity index (χ3n) is 4.29. The number of benzene rings is 1. The van der Waals surface area contributed by atoms with E-state index in [0.717, 1.165) is 24.2 Å². The van der Waals surface area contributed by atoms with Gasteiger partial charge in [-0.3, -0.25) is 4.90 Å². The van der Waals surface area contributed by atoms with E-state index in [-0.39, 0.29) is 6.09 Å². The minimum Gasteiger partial charge on any atom is -0.444 e. The van der Waals surface area contributed by atoms with Gasteiger partial charge in [0.15, 0.2) is 0 Å². The number of hydrogen-bond acceptors (Lipinski definition) is 6. The summed E-state index contributed by atoms with van der Waals surface area (Å²) >= 11 is 0. The molecule has 7 nitrogen and oxygen atoms in total. The largest absolute Gasteiger partial charge is 0.488 e. The number of carbonyl (C=O) groups excluding carboxylic acids is 1. The highest BCUT2D eigenvalue weighted by Gasteiger charge is 2.26. The van der Waals surface area contributed by atoms with E-state index >= 15 is 0 Å².